The highest BCUT2D eigenvalue weighted by Gasteiger charge is 2.12. The van der Waals surface area contributed by atoms with Gasteiger partial charge in [0.2, 0.25) is 0 Å². The van der Waals surface area contributed by atoms with Gasteiger partial charge >= 0.3 is 0 Å². The number of hydrogen-bond donors (Lipinski definition) is 2. The second kappa shape index (κ2) is 4.24. The number of aromatic nitrogens is 1. The van der Waals surface area contributed by atoms with Gasteiger partial charge in [-0.15, -0.1) is 0 Å². The molecule has 0 amide bonds. The van der Waals surface area contributed by atoms with E-state index in [4.69, 9.17) is 11.1 Å². The summed E-state index contributed by atoms with van der Waals surface area (Å²) in [5.41, 5.74) is 10.3. The number of nitrogens with one attached hydrogen (secondary N) is 1. The molecule has 0 spiro atoms. The summed E-state index contributed by atoms with van der Waals surface area (Å²) < 4.78 is 2.29. The Labute approximate surface area is 102 Å². The van der Waals surface area contributed by atoms with Gasteiger partial charge in [-0.25, -0.2) is 0 Å². The highest BCUT2D eigenvalue weighted by atomic mass is 15.0. The van der Waals surface area contributed by atoms with Crippen LogP contribution >= 0.6 is 0 Å². The first-order valence-corrected chi connectivity index (χ1v) is 6.06. The fourth-order valence-corrected chi connectivity index (χ4v) is 2.57. The van der Waals surface area contributed by atoms with Crippen molar-refractivity contribution in [3.63, 3.8) is 0 Å². The van der Waals surface area contributed by atoms with E-state index in [1.165, 1.54) is 22.2 Å². The summed E-state index contributed by atoms with van der Waals surface area (Å²) in [7, 11) is 0. The van der Waals surface area contributed by atoms with Crippen LogP contribution in [0.25, 0.3) is 10.9 Å². The molecule has 0 atom stereocenters. The lowest BCUT2D eigenvalue weighted by Gasteiger charge is -2.05. The lowest BCUT2D eigenvalue weighted by molar-refractivity contribution is 0.762. The van der Waals surface area contributed by atoms with Crippen LogP contribution in [0.5, 0.6) is 0 Å². The first-order valence-electron chi connectivity index (χ1n) is 6.06. The first-order chi connectivity index (χ1) is 8.10. The van der Waals surface area contributed by atoms with E-state index >= 15 is 0 Å². The lowest BCUT2D eigenvalue weighted by Crippen LogP contribution is -2.10. The molecule has 0 radical (unpaired) electrons. The molecule has 0 fully saturated rings. The number of nitrogens with two attached hydrogens (primary N) is 1. The SMILES string of the molecule is CCc1c(C)n(CC)c2cc(C(=N)N)ccc12. The van der Waals surface area contributed by atoms with Crippen LogP contribution in [0, 0.1) is 12.3 Å². The maximum atomic E-state index is 7.51. The van der Waals surface area contributed by atoms with Gasteiger partial charge in [0.05, 0.1) is 0 Å². The van der Waals surface area contributed by atoms with Crippen molar-refractivity contribution in [2.24, 2.45) is 5.73 Å². The van der Waals surface area contributed by atoms with Crippen molar-refractivity contribution in [2.45, 2.75) is 33.7 Å². The Morgan fingerprint density at radius 3 is 2.59 bits per heavy atom. The van der Waals surface area contributed by atoms with Crippen LogP contribution in [0.3, 0.4) is 0 Å². The summed E-state index contributed by atoms with van der Waals surface area (Å²) in [6.07, 6.45) is 1.04. The largest absolute Gasteiger partial charge is 0.384 e. The summed E-state index contributed by atoms with van der Waals surface area (Å²) >= 11 is 0. The number of nitrogen functional groups attached to an aromatic ring is 1. The molecule has 1 aromatic carbocycles. The Morgan fingerprint density at radius 2 is 2.06 bits per heavy atom. The zero-order valence-corrected chi connectivity index (χ0v) is 10.7. The van der Waals surface area contributed by atoms with E-state index < -0.39 is 0 Å². The number of fused-ring (bicyclic) bond motifs is 1. The van der Waals surface area contributed by atoms with Gasteiger partial charge in [0.15, 0.2) is 0 Å². The van der Waals surface area contributed by atoms with Crippen molar-refractivity contribution in [2.75, 3.05) is 0 Å². The molecule has 1 aromatic heterocycles. The van der Waals surface area contributed by atoms with Crippen LogP contribution in [0.4, 0.5) is 0 Å². The zero-order chi connectivity index (χ0) is 12.6. The standard InChI is InChI=1S/C14H19N3/c1-4-11-9(3)17(5-2)13-8-10(14(15)16)6-7-12(11)13/h6-8H,4-5H2,1-3H3,(H3,15,16). The summed E-state index contributed by atoms with van der Waals surface area (Å²) in [6.45, 7) is 7.44. The molecule has 0 unspecified atom stereocenters. The van der Waals surface area contributed by atoms with Crippen LogP contribution in [0.15, 0.2) is 18.2 Å². The minimum atomic E-state index is 0.131. The Morgan fingerprint density at radius 1 is 1.35 bits per heavy atom. The van der Waals surface area contributed by atoms with Gasteiger partial charge in [-0.05, 0) is 31.9 Å². The van der Waals surface area contributed by atoms with Crippen LogP contribution in [0.1, 0.15) is 30.7 Å². The predicted molar refractivity (Wildman–Crippen MR) is 72.7 cm³/mol. The minimum Gasteiger partial charge on any atom is -0.384 e. The molecule has 90 valence electrons. The third-order valence-corrected chi connectivity index (χ3v) is 3.44. The fraction of sp³-hybridized carbons (Fsp3) is 0.357. The van der Waals surface area contributed by atoms with Gasteiger partial charge in [-0.3, -0.25) is 5.41 Å². The molecule has 1 heterocycles. The lowest BCUT2D eigenvalue weighted by atomic mass is 10.1. The van der Waals surface area contributed by atoms with Crippen molar-refractivity contribution in [1.82, 2.24) is 4.57 Å². The molecule has 17 heavy (non-hydrogen) atoms. The van der Waals surface area contributed by atoms with Gasteiger partial charge in [0, 0.05) is 28.7 Å². The average Bonchev–Trinajstić information content (AvgIpc) is 2.58. The predicted octanol–water partition coefficient (Wildman–Crippen LogP) is 2.82. The average molecular weight is 229 g/mol. The van der Waals surface area contributed by atoms with Crippen LogP contribution in [0.2, 0.25) is 0 Å². The molecule has 0 bridgehead atoms. The van der Waals surface area contributed by atoms with Gasteiger partial charge in [-0.2, -0.15) is 0 Å². The van der Waals surface area contributed by atoms with E-state index in [0.717, 1.165) is 18.5 Å². The number of nitrogens with zero attached hydrogens (tertiary/aromatic N) is 1. The van der Waals surface area contributed by atoms with Crippen molar-refractivity contribution >= 4 is 16.7 Å². The number of rotatable bonds is 3. The molecule has 0 aliphatic carbocycles. The number of amidine groups is 1. The van der Waals surface area contributed by atoms with Crippen LogP contribution in [-0.2, 0) is 13.0 Å². The molecule has 0 saturated heterocycles. The molecule has 2 rings (SSSR count). The third kappa shape index (κ3) is 1.71. The van der Waals surface area contributed by atoms with Gasteiger partial charge < -0.3 is 10.3 Å². The molecule has 0 aliphatic rings. The molecular weight excluding hydrogens is 210 g/mol. The van der Waals surface area contributed by atoms with Crippen molar-refractivity contribution in [1.29, 1.82) is 5.41 Å². The van der Waals surface area contributed by atoms with E-state index in [1.807, 2.05) is 12.1 Å². The van der Waals surface area contributed by atoms with Crippen molar-refractivity contribution in [3.05, 3.63) is 35.0 Å². The Balaban J connectivity index is 2.80. The summed E-state index contributed by atoms with van der Waals surface area (Å²) in [4.78, 5) is 0. The third-order valence-electron chi connectivity index (χ3n) is 3.44. The minimum absolute atomic E-state index is 0.131. The van der Waals surface area contributed by atoms with Gasteiger partial charge in [-0.1, -0.05) is 19.1 Å². The summed E-state index contributed by atoms with van der Waals surface area (Å²) in [6, 6.07) is 6.04. The number of benzene rings is 1. The molecule has 2 aromatic rings. The van der Waals surface area contributed by atoms with E-state index in [2.05, 4.69) is 31.4 Å². The first kappa shape index (κ1) is 11.7. The van der Waals surface area contributed by atoms with Crippen molar-refractivity contribution in [3.8, 4) is 0 Å². The Kier molecular flexibility index (Phi) is 2.92. The van der Waals surface area contributed by atoms with E-state index in [1.54, 1.807) is 0 Å². The van der Waals surface area contributed by atoms with E-state index in [9.17, 15) is 0 Å². The Bertz CT molecular complexity index is 579. The maximum Gasteiger partial charge on any atom is 0.122 e. The monoisotopic (exact) mass is 229 g/mol. The molecular formula is C14H19N3. The highest BCUT2D eigenvalue weighted by Crippen LogP contribution is 2.27. The molecule has 3 nitrogen and oxygen atoms in total. The number of aryl methyl sites for hydroxylation is 2. The van der Waals surface area contributed by atoms with Crippen LogP contribution in [-0.4, -0.2) is 10.4 Å². The quantitative estimate of drug-likeness (QED) is 0.617. The summed E-state index contributed by atoms with van der Waals surface area (Å²) in [5, 5.41) is 8.80. The summed E-state index contributed by atoms with van der Waals surface area (Å²) in [5.74, 6) is 0.131. The van der Waals surface area contributed by atoms with Crippen LogP contribution < -0.4 is 5.73 Å². The van der Waals surface area contributed by atoms with Gasteiger partial charge in [0.25, 0.3) is 0 Å². The van der Waals surface area contributed by atoms with Crippen molar-refractivity contribution < 1.29 is 0 Å². The van der Waals surface area contributed by atoms with Gasteiger partial charge in [0.1, 0.15) is 5.84 Å². The zero-order valence-electron chi connectivity index (χ0n) is 10.7. The maximum absolute atomic E-state index is 7.51. The normalized spacial score (nSPS) is 11.0. The molecule has 0 aliphatic heterocycles. The molecule has 3 heteroatoms. The second-order valence-electron chi connectivity index (χ2n) is 4.31. The Hall–Kier alpha value is -1.77. The van der Waals surface area contributed by atoms with E-state index in [-0.39, 0.29) is 5.84 Å². The topological polar surface area (TPSA) is 54.8 Å². The number of hydrogen-bond acceptors (Lipinski definition) is 1. The van der Waals surface area contributed by atoms with E-state index in [0.29, 0.717) is 0 Å². The molecule has 0 saturated carbocycles. The molecule has 3 N–H and O–H groups in total. The second-order valence-corrected chi connectivity index (χ2v) is 4.31. The smallest absolute Gasteiger partial charge is 0.122 e. The highest BCUT2D eigenvalue weighted by molar-refractivity contribution is 5.99. The fourth-order valence-electron chi connectivity index (χ4n) is 2.57.